The summed E-state index contributed by atoms with van der Waals surface area (Å²) in [6.45, 7) is 1.95. The molecule has 0 aliphatic carbocycles. The minimum atomic E-state index is -0.299. The van der Waals surface area contributed by atoms with E-state index in [9.17, 15) is 9.59 Å². The second-order valence-electron chi connectivity index (χ2n) is 6.33. The van der Waals surface area contributed by atoms with Gasteiger partial charge in [0.25, 0.3) is 0 Å². The van der Waals surface area contributed by atoms with Crippen LogP contribution in [0.3, 0.4) is 0 Å². The van der Waals surface area contributed by atoms with Gasteiger partial charge in [-0.15, -0.1) is 0 Å². The highest BCUT2D eigenvalue weighted by Gasteiger charge is 2.29. The Labute approximate surface area is 157 Å². The number of carbonyl (C=O) groups excluding carboxylic acids is 2. The van der Waals surface area contributed by atoms with Crippen LogP contribution in [0.4, 0.5) is 0 Å². The largest absolute Gasteiger partial charge is 0.341 e. The Morgan fingerprint density at radius 3 is 2.69 bits per heavy atom. The van der Waals surface area contributed by atoms with Gasteiger partial charge in [0.05, 0.1) is 12.5 Å². The van der Waals surface area contributed by atoms with Crippen LogP contribution in [-0.2, 0) is 16.1 Å². The second-order valence-corrected chi connectivity index (χ2v) is 6.72. The van der Waals surface area contributed by atoms with Crippen LogP contribution in [0, 0.1) is 0 Å². The standard InChI is InChI=1S/C20H20ClN3O2/c1-14(25)24-10-9-16-5-3-4-6-17(16)18(24)11-20(26)23(2)13-15-7-8-19(21)22-12-15/h3-10,12,18H,11,13H2,1-2H3. The average Bonchev–Trinajstić information content (AvgIpc) is 2.63. The third kappa shape index (κ3) is 3.94. The normalized spacial score (nSPS) is 15.5. The van der Waals surface area contributed by atoms with E-state index in [2.05, 4.69) is 4.98 Å². The second kappa shape index (κ2) is 7.70. The summed E-state index contributed by atoms with van der Waals surface area (Å²) in [6, 6.07) is 11.1. The first-order valence-corrected chi connectivity index (χ1v) is 8.74. The molecule has 0 spiro atoms. The lowest BCUT2D eigenvalue weighted by Crippen LogP contribution is -2.35. The first-order chi connectivity index (χ1) is 12.5. The molecule has 2 amide bonds. The molecule has 0 fully saturated rings. The predicted octanol–water partition coefficient (Wildman–Crippen LogP) is 3.66. The molecule has 5 nitrogen and oxygen atoms in total. The van der Waals surface area contributed by atoms with Gasteiger partial charge < -0.3 is 9.80 Å². The smallest absolute Gasteiger partial charge is 0.225 e. The molecule has 0 saturated carbocycles. The number of hydrogen-bond donors (Lipinski definition) is 0. The zero-order chi connectivity index (χ0) is 18.7. The van der Waals surface area contributed by atoms with Gasteiger partial charge in [-0.2, -0.15) is 0 Å². The molecule has 0 N–H and O–H groups in total. The first-order valence-electron chi connectivity index (χ1n) is 8.36. The molecule has 6 heteroatoms. The van der Waals surface area contributed by atoms with E-state index in [1.807, 2.05) is 36.4 Å². The molecule has 0 radical (unpaired) electrons. The highest BCUT2D eigenvalue weighted by atomic mass is 35.5. The Bertz CT molecular complexity index is 848. The maximum absolute atomic E-state index is 12.8. The van der Waals surface area contributed by atoms with Gasteiger partial charge in [-0.1, -0.05) is 41.9 Å². The molecule has 2 aromatic rings. The number of fused-ring (bicyclic) bond motifs is 1. The Kier molecular flexibility index (Phi) is 5.38. The van der Waals surface area contributed by atoms with Gasteiger partial charge in [-0.05, 0) is 28.8 Å². The van der Waals surface area contributed by atoms with Crippen LogP contribution in [0.15, 0.2) is 48.8 Å². The zero-order valence-electron chi connectivity index (χ0n) is 14.7. The van der Waals surface area contributed by atoms with Crippen molar-refractivity contribution < 1.29 is 9.59 Å². The van der Waals surface area contributed by atoms with E-state index < -0.39 is 0 Å². The van der Waals surface area contributed by atoms with Crippen molar-refractivity contribution in [1.82, 2.24) is 14.8 Å². The molecule has 1 aliphatic heterocycles. The lowest BCUT2D eigenvalue weighted by atomic mass is 9.93. The molecule has 1 atom stereocenters. The van der Waals surface area contributed by atoms with E-state index >= 15 is 0 Å². The van der Waals surface area contributed by atoms with Gasteiger partial charge in [0.15, 0.2) is 0 Å². The SMILES string of the molecule is CC(=O)N1C=Cc2ccccc2C1CC(=O)N(C)Cc1ccc(Cl)nc1. The molecular formula is C20H20ClN3O2. The van der Waals surface area contributed by atoms with Gasteiger partial charge in [-0.25, -0.2) is 4.98 Å². The minimum Gasteiger partial charge on any atom is -0.341 e. The van der Waals surface area contributed by atoms with Gasteiger partial charge in [0.1, 0.15) is 5.15 Å². The number of pyridine rings is 1. The number of carbonyl (C=O) groups is 2. The molecule has 0 bridgehead atoms. The van der Waals surface area contributed by atoms with Crippen LogP contribution >= 0.6 is 11.6 Å². The summed E-state index contributed by atoms with van der Waals surface area (Å²) in [5, 5.41) is 0.422. The Balaban J connectivity index is 1.76. The minimum absolute atomic E-state index is 0.0405. The van der Waals surface area contributed by atoms with Gasteiger partial charge in [-0.3, -0.25) is 9.59 Å². The number of hydrogen-bond acceptors (Lipinski definition) is 3. The van der Waals surface area contributed by atoms with Crippen LogP contribution < -0.4 is 0 Å². The molecule has 1 unspecified atom stereocenters. The number of aromatic nitrogens is 1. The fourth-order valence-electron chi connectivity index (χ4n) is 3.10. The monoisotopic (exact) mass is 369 g/mol. The lowest BCUT2D eigenvalue weighted by molar-refractivity contribution is -0.134. The number of nitrogens with zero attached hydrogens (tertiary/aromatic N) is 3. The van der Waals surface area contributed by atoms with Crippen molar-refractivity contribution in [3.8, 4) is 0 Å². The molecule has 1 aromatic carbocycles. The lowest BCUT2D eigenvalue weighted by Gasteiger charge is -2.33. The fourth-order valence-corrected chi connectivity index (χ4v) is 3.21. The van der Waals surface area contributed by atoms with Crippen molar-refractivity contribution in [2.45, 2.75) is 25.9 Å². The Hall–Kier alpha value is -2.66. The summed E-state index contributed by atoms with van der Waals surface area (Å²) in [6.07, 6.45) is 5.54. The molecule has 1 aromatic heterocycles. The van der Waals surface area contributed by atoms with Gasteiger partial charge in [0, 0.05) is 32.9 Å². The van der Waals surface area contributed by atoms with Crippen molar-refractivity contribution in [1.29, 1.82) is 0 Å². The summed E-state index contributed by atoms with van der Waals surface area (Å²) in [4.78, 5) is 32.1. The third-order valence-electron chi connectivity index (χ3n) is 4.47. The average molecular weight is 370 g/mol. The van der Waals surface area contributed by atoms with Crippen molar-refractivity contribution in [3.05, 3.63) is 70.6 Å². The van der Waals surface area contributed by atoms with E-state index in [1.165, 1.54) is 6.92 Å². The zero-order valence-corrected chi connectivity index (χ0v) is 15.5. The highest BCUT2D eigenvalue weighted by Crippen LogP contribution is 2.33. The van der Waals surface area contributed by atoms with E-state index in [4.69, 9.17) is 11.6 Å². The van der Waals surface area contributed by atoms with Crippen molar-refractivity contribution in [2.75, 3.05) is 7.05 Å². The van der Waals surface area contributed by atoms with Crippen LogP contribution in [-0.4, -0.2) is 33.6 Å². The topological polar surface area (TPSA) is 53.5 Å². The maximum Gasteiger partial charge on any atom is 0.225 e. The maximum atomic E-state index is 12.8. The van der Waals surface area contributed by atoms with E-state index in [0.29, 0.717) is 11.7 Å². The summed E-state index contributed by atoms with van der Waals surface area (Å²) in [7, 11) is 1.75. The molecule has 1 aliphatic rings. The first kappa shape index (κ1) is 18.1. The molecule has 3 rings (SSSR count). The number of benzene rings is 1. The van der Waals surface area contributed by atoms with E-state index in [0.717, 1.165) is 16.7 Å². The number of amides is 2. The molecule has 134 valence electrons. The molecular weight excluding hydrogens is 350 g/mol. The Morgan fingerprint density at radius 2 is 2.00 bits per heavy atom. The quantitative estimate of drug-likeness (QED) is 0.773. The third-order valence-corrected chi connectivity index (χ3v) is 4.69. The van der Waals surface area contributed by atoms with Crippen LogP contribution in [0.25, 0.3) is 6.08 Å². The fraction of sp³-hybridized carbons (Fsp3) is 0.250. The van der Waals surface area contributed by atoms with Crippen molar-refractivity contribution in [3.63, 3.8) is 0 Å². The van der Waals surface area contributed by atoms with Crippen molar-refractivity contribution >= 4 is 29.5 Å². The molecule has 26 heavy (non-hydrogen) atoms. The number of rotatable bonds is 4. The van der Waals surface area contributed by atoms with Crippen LogP contribution in [0.5, 0.6) is 0 Å². The van der Waals surface area contributed by atoms with Gasteiger partial charge in [0.2, 0.25) is 11.8 Å². The number of halogens is 1. The van der Waals surface area contributed by atoms with Gasteiger partial charge >= 0.3 is 0 Å². The molecule has 2 heterocycles. The predicted molar refractivity (Wildman–Crippen MR) is 101 cm³/mol. The van der Waals surface area contributed by atoms with Crippen molar-refractivity contribution in [2.24, 2.45) is 0 Å². The summed E-state index contributed by atoms with van der Waals surface area (Å²) >= 11 is 5.80. The molecule has 0 saturated heterocycles. The van der Waals surface area contributed by atoms with E-state index in [1.54, 1.807) is 35.3 Å². The summed E-state index contributed by atoms with van der Waals surface area (Å²) in [5.41, 5.74) is 2.92. The Morgan fingerprint density at radius 1 is 1.23 bits per heavy atom. The summed E-state index contributed by atoms with van der Waals surface area (Å²) < 4.78 is 0. The highest BCUT2D eigenvalue weighted by molar-refractivity contribution is 6.29. The summed E-state index contributed by atoms with van der Waals surface area (Å²) in [5.74, 6) is -0.126. The van der Waals surface area contributed by atoms with E-state index in [-0.39, 0.29) is 24.3 Å². The van der Waals surface area contributed by atoms with Crippen LogP contribution in [0.1, 0.15) is 36.1 Å². The van der Waals surface area contributed by atoms with Crippen LogP contribution in [0.2, 0.25) is 5.15 Å².